The van der Waals surface area contributed by atoms with Crippen LogP contribution < -0.4 is 0 Å². The van der Waals surface area contributed by atoms with E-state index in [2.05, 4.69) is 5.16 Å². The fourth-order valence-corrected chi connectivity index (χ4v) is 1.79. The van der Waals surface area contributed by atoms with Gasteiger partial charge in [-0.2, -0.15) is 0 Å². The summed E-state index contributed by atoms with van der Waals surface area (Å²) in [5.74, 6) is -0.577. The zero-order valence-corrected chi connectivity index (χ0v) is 11.0. The molecule has 0 spiro atoms. The lowest BCUT2D eigenvalue weighted by Gasteiger charge is -2.23. The second-order valence-electron chi connectivity index (χ2n) is 4.50. The highest BCUT2D eigenvalue weighted by Crippen LogP contribution is 2.15. The molecule has 6 heteroatoms. The molecule has 1 heterocycles. The summed E-state index contributed by atoms with van der Waals surface area (Å²) < 4.78 is 5.07. The number of carbonyl (C=O) groups is 1. The predicted octanol–water partition coefficient (Wildman–Crippen LogP) is 0.806. The van der Waals surface area contributed by atoms with E-state index in [4.69, 9.17) is 14.7 Å². The summed E-state index contributed by atoms with van der Waals surface area (Å²) in [5, 5.41) is 21.8. The van der Waals surface area contributed by atoms with Crippen molar-refractivity contribution in [3.8, 4) is 0 Å². The summed E-state index contributed by atoms with van der Waals surface area (Å²) in [6, 6.07) is 0. The first-order valence-electron chi connectivity index (χ1n) is 5.93. The molecule has 0 bridgehead atoms. The lowest BCUT2D eigenvalue weighted by molar-refractivity contribution is -0.141. The Morgan fingerprint density at radius 2 is 2.17 bits per heavy atom. The van der Waals surface area contributed by atoms with Gasteiger partial charge in [-0.3, -0.25) is 9.69 Å². The first-order valence-corrected chi connectivity index (χ1v) is 5.93. The van der Waals surface area contributed by atoms with E-state index in [0.29, 0.717) is 19.6 Å². The van der Waals surface area contributed by atoms with Gasteiger partial charge < -0.3 is 14.7 Å². The first-order chi connectivity index (χ1) is 8.45. The molecule has 0 aliphatic carbocycles. The number of hydrogen-bond acceptors (Lipinski definition) is 5. The van der Waals surface area contributed by atoms with Gasteiger partial charge in [-0.05, 0) is 13.8 Å². The molecule has 1 atom stereocenters. The van der Waals surface area contributed by atoms with E-state index in [1.807, 2.05) is 18.7 Å². The molecule has 0 aliphatic heterocycles. The topological polar surface area (TPSA) is 86.8 Å². The van der Waals surface area contributed by atoms with Gasteiger partial charge in [0.05, 0.1) is 18.2 Å². The van der Waals surface area contributed by atoms with Gasteiger partial charge in [0.1, 0.15) is 5.76 Å². The monoisotopic (exact) mass is 256 g/mol. The van der Waals surface area contributed by atoms with E-state index in [1.54, 1.807) is 6.92 Å². The number of hydrogen-bond donors (Lipinski definition) is 2. The lowest BCUT2D eigenvalue weighted by atomic mass is 10.1. The Hall–Kier alpha value is -1.40. The van der Waals surface area contributed by atoms with Gasteiger partial charge in [0.2, 0.25) is 0 Å². The van der Waals surface area contributed by atoms with Gasteiger partial charge in [0.25, 0.3) is 0 Å². The van der Waals surface area contributed by atoms with Crippen molar-refractivity contribution in [2.75, 3.05) is 19.7 Å². The van der Waals surface area contributed by atoms with Crippen LogP contribution in [0.3, 0.4) is 0 Å². The van der Waals surface area contributed by atoms with Crippen LogP contribution in [0.2, 0.25) is 0 Å². The summed E-state index contributed by atoms with van der Waals surface area (Å²) in [4.78, 5) is 12.7. The van der Waals surface area contributed by atoms with Gasteiger partial charge in [-0.15, -0.1) is 0 Å². The molecule has 0 saturated carbocycles. The molecule has 0 fully saturated rings. The molecule has 102 valence electrons. The molecular formula is C12H20N2O4. The highest BCUT2D eigenvalue weighted by atomic mass is 16.5. The number of rotatable bonds is 7. The minimum Gasteiger partial charge on any atom is -0.481 e. The fraction of sp³-hybridized carbons (Fsp3) is 0.667. The van der Waals surface area contributed by atoms with E-state index >= 15 is 0 Å². The van der Waals surface area contributed by atoms with E-state index in [-0.39, 0.29) is 6.61 Å². The van der Waals surface area contributed by atoms with Crippen LogP contribution >= 0.6 is 0 Å². The van der Waals surface area contributed by atoms with Crippen molar-refractivity contribution in [3.05, 3.63) is 17.0 Å². The van der Waals surface area contributed by atoms with Gasteiger partial charge in [-0.1, -0.05) is 12.1 Å². The van der Waals surface area contributed by atoms with Crippen molar-refractivity contribution in [1.82, 2.24) is 10.1 Å². The van der Waals surface area contributed by atoms with Crippen LogP contribution in [-0.2, 0) is 11.3 Å². The van der Waals surface area contributed by atoms with Crippen molar-refractivity contribution >= 4 is 5.97 Å². The maximum absolute atomic E-state index is 10.9. The molecule has 1 aromatic heterocycles. The number of carboxylic acids is 1. The van der Waals surface area contributed by atoms with Crippen LogP contribution in [-0.4, -0.2) is 45.9 Å². The molecule has 0 amide bonds. The predicted molar refractivity (Wildman–Crippen MR) is 65.1 cm³/mol. The number of aromatic nitrogens is 1. The minimum absolute atomic E-state index is 0.00425. The van der Waals surface area contributed by atoms with Crippen LogP contribution in [0, 0.1) is 19.8 Å². The third-order valence-electron chi connectivity index (χ3n) is 2.93. The van der Waals surface area contributed by atoms with E-state index < -0.39 is 11.9 Å². The van der Waals surface area contributed by atoms with Crippen LogP contribution in [0.25, 0.3) is 0 Å². The van der Waals surface area contributed by atoms with Crippen molar-refractivity contribution in [3.63, 3.8) is 0 Å². The number of nitrogens with zero attached hydrogens (tertiary/aromatic N) is 2. The first kappa shape index (κ1) is 14.7. The summed E-state index contributed by atoms with van der Waals surface area (Å²) in [7, 11) is 0. The molecule has 0 aliphatic rings. The number of aliphatic hydroxyl groups is 1. The van der Waals surface area contributed by atoms with E-state index in [9.17, 15) is 4.79 Å². The summed E-state index contributed by atoms with van der Waals surface area (Å²) in [5.41, 5.74) is 1.76. The van der Waals surface area contributed by atoms with Crippen molar-refractivity contribution in [2.24, 2.45) is 5.92 Å². The zero-order valence-electron chi connectivity index (χ0n) is 11.0. The second kappa shape index (κ2) is 6.51. The molecule has 0 aromatic carbocycles. The normalized spacial score (nSPS) is 12.9. The molecular weight excluding hydrogens is 236 g/mol. The van der Waals surface area contributed by atoms with Crippen LogP contribution in [0.1, 0.15) is 23.9 Å². The summed E-state index contributed by atoms with van der Waals surface area (Å²) in [6.07, 6.45) is 0. The molecule has 0 radical (unpaired) electrons. The number of aliphatic hydroxyl groups excluding tert-OH is 1. The van der Waals surface area contributed by atoms with E-state index in [1.165, 1.54) is 0 Å². The highest BCUT2D eigenvalue weighted by molar-refractivity contribution is 5.69. The Kier molecular flexibility index (Phi) is 5.30. The quantitative estimate of drug-likeness (QED) is 0.750. The Bertz CT molecular complexity index is 383. The Morgan fingerprint density at radius 1 is 1.50 bits per heavy atom. The van der Waals surface area contributed by atoms with Gasteiger partial charge >= 0.3 is 5.97 Å². The highest BCUT2D eigenvalue weighted by Gasteiger charge is 2.19. The molecule has 1 unspecified atom stereocenters. The third-order valence-corrected chi connectivity index (χ3v) is 2.93. The number of aliphatic carboxylic acids is 1. The van der Waals surface area contributed by atoms with Crippen LogP contribution in [0.4, 0.5) is 0 Å². The van der Waals surface area contributed by atoms with Crippen molar-refractivity contribution in [1.29, 1.82) is 0 Å². The smallest absolute Gasteiger partial charge is 0.307 e. The van der Waals surface area contributed by atoms with Crippen molar-refractivity contribution < 1.29 is 19.5 Å². The third kappa shape index (κ3) is 3.82. The second-order valence-corrected chi connectivity index (χ2v) is 4.50. The van der Waals surface area contributed by atoms with Gasteiger partial charge in [-0.25, -0.2) is 0 Å². The van der Waals surface area contributed by atoms with Crippen molar-refractivity contribution in [2.45, 2.75) is 27.3 Å². The maximum Gasteiger partial charge on any atom is 0.307 e. The average Bonchev–Trinajstić information content (AvgIpc) is 2.60. The molecule has 1 aromatic rings. The maximum atomic E-state index is 10.9. The fourth-order valence-electron chi connectivity index (χ4n) is 1.79. The number of carboxylic acid groups (broad SMARTS) is 1. The van der Waals surface area contributed by atoms with E-state index in [0.717, 1.165) is 17.0 Å². The minimum atomic E-state index is -0.836. The Morgan fingerprint density at radius 3 is 2.61 bits per heavy atom. The number of aryl methyl sites for hydroxylation is 2. The Labute approximate surface area is 106 Å². The molecule has 18 heavy (non-hydrogen) atoms. The molecule has 1 rings (SSSR count). The largest absolute Gasteiger partial charge is 0.481 e. The average molecular weight is 256 g/mol. The van der Waals surface area contributed by atoms with Gasteiger partial charge in [0, 0.05) is 25.2 Å². The Balaban J connectivity index is 2.71. The lowest BCUT2D eigenvalue weighted by Crippen LogP contribution is -2.33. The van der Waals surface area contributed by atoms with Crippen LogP contribution in [0.5, 0.6) is 0 Å². The summed E-state index contributed by atoms with van der Waals surface area (Å²) >= 11 is 0. The molecule has 2 N–H and O–H groups in total. The molecule has 6 nitrogen and oxygen atoms in total. The zero-order chi connectivity index (χ0) is 13.7. The van der Waals surface area contributed by atoms with Gasteiger partial charge in [0.15, 0.2) is 0 Å². The SMILES string of the molecule is Cc1noc(C)c1CN(CCO)CC(C)C(=O)O. The molecule has 0 saturated heterocycles. The van der Waals surface area contributed by atoms with Crippen LogP contribution in [0.15, 0.2) is 4.52 Å². The standard InChI is InChI=1S/C12H20N2O4/c1-8(12(16)17)6-14(4-5-15)7-11-9(2)13-18-10(11)3/h8,15H,4-7H2,1-3H3,(H,16,17). The summed E-state index contributed by atoms with van der Waals surface area (Å²) in [6.45, 7) is 6.69.